The molecular formula is C21H24N2O2. The number of rotatable bonds is 2. The van der Waals surface area contributed by atoms with Gasteiger partial charge >= 0.3 is 0 Å². The van der Waals surface area contributed by atoms with Crippen LogP contribution in [0.1, 0.15) is 40.4 Å². The number of carbonyl (C=O) groups is 1. The lowest BCUT2D eigenvalue weighted by Gasteiger charge is -2.36. The molecular weight excluding hydrogens is 312 g/mol. The molecule has 1 atom stereocenters. The monoisotopic (exact) mass is 336 g/mol. The van der Waals surface area contributed by atoms with Crippen LogP contribution in [0.15, 0.2) is 30.3 Å². The lowest BCUT2D eigenvalue weighted by molar-refractivity contribution is 0.0981. The molecule has 1 unspecified atom stereocenters. The van der Waals surface area contributed by atoms with Crippen LogP contribution in [0.3, 0.4) is 0 Å². The van der Waals surface area contributed by atoms with Gasteiger partial charge in [0, 0.05) is 19.0 Å². The summed E-state index contributed by atoms with van der Waals surface area (Å²) in [6.07, 6.45) is 1.85. The van der Waals surface area contributed by atoms with Crippen molar-refractivity contribution >= 4 is 17.3 Å². The molecule has 1 N–H and O–H groups in total. The summed E-state index contributed by atoms with van der Waals surface area (Å²) in [5.41, 5.74) is 6.25. The van der Waals surface area contributed by atoms with Gasteiger partial charge in [-0.2, -0.15) is 0 Å². The van der Waals surface area contributed by atoms with Crippen molar-refractivity contribution in [3.63, 3.8) is 0 Å². The molecule has 0 spiro atoms. The summed E-state index contributed by atoms with van der Waals surface area (Å²) < 4.78 is 5.76. The van der Waals surface area contributed by atoms with Gasteiger partial charge in [0.05, 0.1) is 23.5 Å². The second-order valence-electron chi connectivity index (χ2n) is 7.01. The van der Waals surface area contributed by atoms with E-state index < -0.39 is 0 Å². The highest BCUT2D eigenvalue weighted by molar-refractivity contribution is 6.10. The number of fused-ring (bicyclic) bond motifs is 2. The maximum Gasteiger partial charge on any atom is 0.262 e. The van der Waals surface area contributed by atoms with Crippen LogP contribution in [-0.2, 0) is 6.42 Å². The number of aryl methyl sites for hydroxylation is 2. The Morgan fingerprint density at radius 1 is 1.28 bits per heavy atom. The van der Waals surface area contributed by atoms with Crippen molar-refractivity contribution in [1.29, 1.82) is 0 Å². The zero-order chi connectivity index (χ0) is 17.6. The van der Waals surface area contributed by atoms with Gasteiger partial charge in [-0.3, -0.25) is 4.79 Å². The highest BCUT2D eigenvalue weighted by Gasteiger charge is 2.31. The number of amides is 1. The van der Waals surface area contributed by atoms with Gasteiger partial charge in [-0.1, -0.05) is 19.1 Å². The van der Waals surface area contributed by atoms with Gasteiger partial charge in [0.15, 0.2) is 0 Å². The van der Waals surface area contributed by atoms with Crippen LogP contribution in [0.2, 0.25) is 0 Å². The molecule has 0 radical (unpaired) electrons. The highest BCUT2D eigenvalue weighted by Crippen LogP contribution is 2.37. The smallest absolute Gasteiger partial charge is 0.262 e. The first-order chi connectivity index (χ1) is 12.1. The summed E-state index contributed by atoms with van der Waals surface area (Å²) in [6, 6.07) is 10.4. The predicted octanol–water partition coefficient (Wildman–Crippen LogP) is 4.09. The van der Waals surface area contributed by atoms with Gasteiger partial charge < -0.3 is 15.0 Å². The van der Waals surface area contributed by atoms with Crippen LogP contribution in [0.5, 0.6) is 5.75 Å². The predicted molar refractivity (Wildman–Crippen MR) is 101 cm³/mol. The Morgan fingerprint density at radius 3 is 2.88 bits per heavy atom. The molecule has 0 fully saturated rings. The fourth-order valence-electron chi connectivity index (χ4n) is 3.68. The van der Waals surface area contributed by atoms with Crippen molar-refractivity contribution in [2.75, 3.05) is 23.4 Å². The summed E-state index contributed by atoms with van der Waals surface area (Å²) in [5, 5.41) is 3.58. The Hall–Kier alpha value is -2.49. The number of ether oxygens (including phenoxy) is 1. The molecule has 2 aromatic carbocycles. The van der Waals surface area contributed by atoms with E-state index >= 15 is 0 Å². The maximum absolute atomic E-state index is 13.4. The number of hydrogen-bond acceptors (Lipinski definition) is 3. The van der Waals surface area contributed by atoms with Gasteiger partial charge in [-0.05, 0) is 55.2 Å². The topological polar surface area (TPSA) is 41.6 Å². The Bertz CT molecular complexity index is 844. The van der Waals surface area contributed by atoms with Gasteiger partial charge in [0.2, 0.25) is 0 Å². The van der Waals surface area contributed by atoms with Gasteiger partial charge in [-0.15, -0.1) is 0 Å². The van der Waals surface area contributed by atoms with Gasteiger partial charge in [-0.25, -0.2) is 0 Å². The summed E-state index contributed by atoms with van der Waals surface area (Å²) >= 11 is 0. The number of nitrogens with zero attached hydrogens (tertiary/aromatic N) is 1. The lowest BCUT2D eigenvalue weighted by Crippen LogP contribution is -2.44. The highest BCUT2D eigenvalue weighted by atomic mass is 16.5. The zero-order valence-electron chi connectivity index (χ0n) is 15.1. The van der Waals surface area contributed by atoms with Crippen LogP contribution in [0, 0.1) is 13.8 Å². The molecule has 2 aliphatic rings. The van der Waals surface area contributed by atoms with E-state index in [1.807, 2.05) is 23.1 Å². The standard InChI is InChI=1S/C21H24N2O2/c1-4-16-12-23(19-11-14(3)13(2)10-18(19)22-16)21(24)17-7-5-6-15-8-9-25-20(15)17/h5-7,10-11,16,22H,4,8-9,12H2,1-3H3. The minimum absolute atomic E-state index is 0.0307. The normalized spacial score (nSPS) is 18.2. The molecule has 0 aromatic heterocycles. The summed E-state index contributed by atoms with van der Waals surface area (Å²) in [7, 11) is 0. The van der Waals surface area contributed by atoms with Gasteiger partial charge in [0.1, 0.15) is 5.75 Å². The average Bonchev–Trinajstić information content (AvgIpc) is 3.10. The van der Waals surface area contributed by atoms with E-state index in [9.17, 15) is 4.79 Å². The molecule has 4 nitrogen and oxygen atoms in total. The molecule has 4 rings (SSSR count). The molecule has 2 aliphatic heterocycles. The number of carbonyl (C=O) groups excluding carboxylic acids is 1. The average molecular weight is 336 g/mol. The largest absolute Gasteiger partial charge is 0.492 e. The first-order valence-electron chi connectivity index (χ1n) is 9.02. The fraction of sp³-hybridized carbons (Fsp3) is 0.381. The molecule has 130 valence electrons. The molecule has 1 amide bonds. The molecule has 0 bridgehead atoms. The summed E-state index contributed by atoms with van der Waals surface area (Å²) in [4.78, 5) is 15.3. The number of anilines is 2. The number of benzene rings is 2. The third-order valence-electron chi connectivity index (χ3n) is 5.35. The van der Waals surface area contributed by atoms with E-state index in [1.165, 1.54) is 11.1 Å². The Morgan fingerprint density at radius 2 is 2.08 bits per heavy atom. The Labute approximate surface area is 148 Å². The van der Waals surface area contributed by atoms with E-state index in [2.05, 4.69) is 38.2 Å². The summed E-state index contributed by atoms with van der Waals surface area (Å²) in [6.45, 7) is 7.68. The Kier molecular flexibility index (Phi) is 3.91. The minimum atomic E-state index is 0.0307. The minimum Gasteiger partial charge on any atom is -0.492 e. The van der Waals surface area contributed by atoms with Crippen LogP contribution in [0.4, 0.5) is 11.4 Å². The number of para-hydroxylation sites is 1. The van der Waals surface area contributed by atoms with Gasteiger partial charge in [0.25, 0.3) is 5.91 Å². The van der Waals surface area contributed by atoms with Crippen LogP contribution in [0.25, 0.3) is 0 Å². The summed E-state index contributed by atoms with van der Waals surface area (Å²) in [5.74, 6) is 0.799. The molecule has 4 heteroatoms. The van der Waals surface area contributed by atoms with Crippen LogP contribution >= 0.6 is 0 Å². The van der Waals surface area contributed by atoms with Crippen LogP contribution < -0.4 is 15.0 Å². The molecule has 0 saturated carbocycles. The lowest BCUT2D eigenvalue weighted by atomic mass is 10.0. The Balaban J connectivity index is 1.79. The maximum atomic E-state index is 13.4. The second-order valence-corrected chi connectivity index (χ2v) is 7.01. The third kappa shape index (κ3) is 2.66. The van der Waals surface area contributed by atoms with Crippen LogP contribution in [-0.4, -0.2) is 25.1 Å². The molecule has 2 heterocycles. The van der Waals surface area contributed by atoms with Crippen molar-refractivity contribution in [3.05, 3.63) is 52.6 Å². The fourth-order valence-corrected chi connectivity index (χ4v) is 3.68. The van der Waals surface area contributed by atoms with Crippen molar-refractivity contribution in [2.24, 2.45) is 0 Å². The van der Waals surface area contributed by atoms with Crippen molar-refractivity contribution in [1.82, 2.24) is 0 Å². The molecule has 25 heavy (non-hydrogen) atoms. The molecule has 0 aliphatic carbocycles. The number of hydrogen-bond donors (Lipinski definition) is 1. The van der Waals surface area contributed by atoms with E-state index in [0.717, 1.165) is 35.5 Å². The second kappa shape index (κ2) is 6.10. The van der Waals surface area contributed by atoms with E-state index in [-0.39, 0.29) is 11.9 Å². The third-order valence-corrected chi connectivity index (χ3v) is 5.35. The zero-order valence-corrected chi connectivity index (χ0v) is 15.1. The first kappa shape index (κ1) is 16.0. The molecule has 2 aromatic rings. The van der Waals surface area contributed by atoms with E-state index in [0.29, 0.717) is 18.7 Å². The SMILES string of the molecule is CCC1CN(C(=O)c2cccc3c2OCC3)c2cc(C)c(C)cc2N1. The number of nitrogens with one attached hydrogen (secondary N) is 1. The van der Waals surface area contributed by atoms with E-state index in [4.69, 9.17) is 4.74 Å². The quantitative estimate of drug-likeness (QED) is 0.898. The van der Waals surface area contributed by atoms with E-state index in [1.54, 1.807) is 0 Å². The van der Waals surface area contributed by atoms with Crippen molar-refractivity contribution in [3.8, 4) is 5.75 Å². The van der Waals surface area contributed by atoms with Crippen molar-refractivity contribution in [2.45, 2.75) is 39.7 Å². The molecule has 0 saturated heterocycles. The first-order valence-corrected chi connectivity index (χ1v) is 9.02. The van der Waals surface area contributed by atoms with Crippen molar-refractivity contribution < 1.29 is 9.53 Å².